The maximum atomic E-state index is 13.7. The van der Waals surface area contributed by atoms with E-state index >= 15 is 0 Å². The van der Waals surface area contributed by atoms with E-state index in [1.54, 1.807) is 18.2 Å². The number of hydrogen-bond donors (Lipinski definition) is 2. The molecule has 5 heterocycles. The maximum absolute atomic E-state index is 13.7. The average molecular weight is 668 g/mol. The molecule has 3 aromatic rings. The van der Waals surface area contributed by atoms with Gasteiger partial charge < -0.3 is 10.2 Å². The number of fused-ring (bicyclic) bond motifs is 5. The molecule has 0 aromatic carbocycles. The van der Waals surface area contributed by atoms with E-state index in [-0.39, 0.29) is 33.0 Å². The van der Waals surface area contributed by atoms with Gasteiger partial charge in [-0.3, -0.25) is 9.78 Å². The molecule has 4 bridgehead atoms. The van der Waals surface area contributed by atoms with Gasteiger partial charge in [0.2, 0.25) is 0 Å². The molecule has 2 aliphatic heterocycles. The number of sulfonamides is 1. The molecule has 1 amide bonds. The first-order valence-corrected chi connectivity index (χ1v) is 17.1. The van der Waals surface area contributed by atoms with Crippen LogP contribution < -0.4 is 14.9 Å². The van der Waals surface area contributed by atoms with Gasteiger partial charge in [-0.05, 0) is 110 Å². The molecule has 6 rings (SSSR count). The zero-order chi connectivity index (χ0) is 30.8. The molecule has 43 heavy (non-hydrogen) atoms. The van der Waals surface area contributed by atoms with Crippen molar-refractivity contribution in [2.24, 2.45) is 11.3 Å². The number of nitrogens with one attached hydrogen (secondary N) is 2. The van der Waals surface area contributed by atoms with Gasteiger partial charge in [-0.15, -0.1) is 0 Å². The molecule has 1 aliphatic carbocycles. The molecular formula is C32H39BrN6O3S. The third-order valence-electron chi connectivity index (χ3n) is 9.18. The first-order chi connectivity index (χ1) is 20.2. The molecule has 9 nitrogen and oxygen atoms in total. The van der Waals surface area contributed by atoms with Crippen molar-refractivity contribution in [3.05, 3.63) is 70.1 Å². The summed E-state index contributed by atoms with van der Waals surface area (Å²) in [5.41, 5.74) is 1.70. The Morgan fingerprint density at radius 1 is 1.09 bits per heavy atom. The standard InChI is InChI=1S/C32H39BrN6O3S/c1-30(2,3)25-14-13-24-28(36-25)39-19-32(18-31(39,4)5)16-20(32)15-23(12-11-22-10-9-21(33)17-34-22)35-26-7-6-8-27(37-26)43(41,42)38-29(24)40/h6-10,13-14,17,20,23H,11-12,15-16,18-19H2,1-5H3,(H,35,37)(H,38,40). The van der Waals surface area contributed by atoms with Crippen molar-refractivity contribution in [2.45, 2.75) is 88.7 Å². The van der Waals surface area contributed by atoms with Crippen molar-refractivity contribution in [3.8, 4) is 0 Å². The lowest BCUT2D eigenvalue weighted by Crippen LogP contribution is -2.41. The fourth-order valence-corrected chi connectivity index (χ4v) is 8.05. The monoisotopic (exact) mass is 666 g/mol. The van der Waals surface area contributed by atoms with E-state index in [9.17, 15) is 13.2 Å². The van der Waals surface area contributed by atoms with Crippen LogP contribution in [0.5, 0.6) is 0 Å². The van der Waals surface area contributed by atoms with E-state index in [1.165, 1.54) is 6.07 Å². The van der Waals surface area contributed by atoms with Crippen molar-refractivity contribution in [1.29, 1.82) is 0 Å². The topological polar surface area (TPSA) is 117 Å². The first-order valence-electron chi connectivity index (χ1n) is 14.9. The molecule has 2 fully saturated rings. The molecule has 3 aliphatic rings. The van der Waals surface area contributed by atoms with Crippen LogP contribution in [0, 0.1) is 11.3 Å². The third-order valence-corrected chi connectivity index (χ3v) is 10.9. The van der Waals surface area contributed by atoms with Crippen molar-refractivity contribution in [3.63, 3.8) is 0 Å². The number of aryl methyl sites for hydroxylation is 1. The van der Waals surface area contributed by atoms with Gasteiger partial charge in [-0.25, -0.2) is 14.7 Å². The number of anilines is 2. The second-order valence-corrected chi connectivity index (χ2v) is 16.6. The highest BCUT2D eigenvalue weighted by Crippen LogP contribution is 2.65. The van der Waals surface area contributed by atoms with Crippen LogP contribution >= 0.6 is 15.9 Å². The van der Waals surface area contributed by atoms with Crippen LogP contribution in [-0.2, 0) is 21.9 Å². The summed E-state index contributed by atoms with van der Waals surface area (Å²) in [6, 6.07) is 12.5. The van der Waals surface area contributed by atoms with E-state index < -0.39 is 15.9 Å². The molecule has 1 saturated carbocycles. The minimum absolute atomic E-state index is 0.0649. The largest absolute Gasteiger partial charge is 0.367 e. The molecule has 11 heteroatoms. The first kappa shape index (κ1) is 30.0. The number of halogens is 1. The highest BCUT2D eigenvalue weighted by atomic mass is 79.9. The zero-order valence-corrected chi connectivity index (χ0v) is 27.7. The highest BCUT2D eigenvalue weighted by Gasteiger charge is 2.62. The third kappa shape index (κ3) is 6.02. The van der Waals surface area contributed by atoms with Gasteiger partial charge in [0.25, 0.3) is 15.9 Å². The number of amides is 1. The Labute approximate surface area is 262 Å². The minimum Gasteiger partial charge on any atom is -0.367 e. The summed E-state index contributed by atoms with van der Waals surface area (Å²) in [4.78, 5) is 30.0. The Morgan fingerprint density at radius 2 is 1.88 bits per heavy atom. The van der Waals surface area contributed by atoms with E-state index in [0.717, 1.165) is 54.5 Å². The smallest absolute Gasteiger partial charge is 0.281 e. The van der Waals surface area contributed by atoms with Crippen molar-refractivity contribution in [2.75, 3.05) is 16.8 Å². The van der Waals surface area contributed by atoms with Crippen molar-refractivity contribution < 1.29 is 13.2 Å². The zero-order valence-electron chi connectivity index (χ0n) is 25.3. The molecule has 3 aromatic heterocycles. The molecule has 1 spiro atoms. The Balaban J connectivity index is 1.41. The number of carbonyl (C=O) groups is 1. The summed E-state index contributed by atoms with van der Waals surface area (Å²) < 4.78 is 30.1. The second-order valence-electron chi connectivity index (χ2n) is 14.0. The minimum atomic E-state index is -4.24. The van der Waals surface area contributed by atoms with E-state index in [1.807, 2.05) is 24.4 Å². The Kier molecular flexibility index (Phi) is 7.35. The van der Waals surface area contributed by atoms with Crippen molar-refractivity contribution in [1.82, 2.24) is 19.7 Å². The number of hydrogen-bond acceptors (Lipinski definition) is 8. The number of carbonyl (C=O) groups excluding carboxylic acids is 1. The fraction of sp³-hybridized carbons (Fsp3) is 0.500. The van der Waals surface area contributed by atoms with E-state index in [2.05, 4.69) is 75.5 Å². The van der Waals surface area contributed by atoms with E-state index in [0.29, 0.717) is 17.6 Å². The van der Waals surface area contributed by atoms with Crippen LogP contribution in [0.3, 0.4) is 0 Å². The molecule has 228 valence electrons. The summed E-state index contributed by atoms with van der Waals surface area (Å²) >= 11 is 3.46. The molecule has 1 saturated heterocycles. The molecule has 3 unspecified atom stereocenters. The van der Waals surface area contributed by atoms with Gasteiger partial charge in [-0.1, -0.05) is 26.8 Å². The predicted octanol–water partition coefficient (Wildman–Crippen LogP) is 5.86. The van der Waals surface area contributed by atoms with Crippen LogP contribution in [0.15, 0.2) is 58.2 Å². The van der Waals surface area contributed by atoms with Crippen LogP contribution in [0.2, 0.25) is 0 Å². The summed E-state index contributed by atoms with van der Waals surface area (Å²) in [6.45, 7) is 11.4. The lowest BCUT2D eigenvalue weighted by Gasteiger charge is -2.34. The molecule has 3 atom stereocenters. The quantitative estimate of drug-likeness (QED) is 0.357. The van der Waals surface area contributed by atoms with Gasteiger partial charge in [0, 0.05) is 45.6 Å². The summed E-state index contributed by atoms with van der Waals surface area (Å²) in [5, 5.41) is 3.33. The van der Waals surface area contributed by atoms with Gasteiger partial charge >= 0.3 is 0 Å². The molecule has 0 radical (unpaired) electrons. The number of pyridine rings is 3. The lowest BCUT2D eigenvalue weighted by atomic mass is 9.90. The normalized spacial score (nSPS) is 25.8. The van der Waals surface area contributed by atoms with Gasteiger partial charge in [0.15, 0.2) is 5.03 Å². The maximum Gasteiger partial charge on any atom is 0.281 e. The fourth-order valence-electron chi connectivity index (χ4n) is 6.88. The van der Waals surface area contributed by atoms with Gasteiger partial charge in [0.1, 0.15) is 11.6 Å². The summed E-state index contributed by atoms with van der Waals surface area (Å²) in [6.07, 6.45) is 6.42. The van der Waals surface area contributed by atoms with Gasteiger partial charge in [0.05, 0.1) is 5.56 Å². The number of nitrogens with zero attached hydrogens (tertiary/aromatic N) is 4. The lowest BCUT2D eigenvalue weighted by molar-refractivity contribution is 0.0981. The highest BCUT2D eigenvalue weighted by molar-refractivity contribution is 9.10. The van der Waals surface area contributed by atoms with Gasteiger partial charge in [-0.2, -0.15) is 8.42 Å². The number of aromatic nitrogens is 3. The Bertz CT molecular complexity index is 1670. The Morgan fingerprint density at radius 3 is 2.60 bits per heavy atom. The SMILES string of the molecule is CC(C)(C)c1ccc2c(n1)N1CC3(CC3CC(CCc3ccc(Br)cn3)Nc3cccc(n3)S(=O)(=O)NC2=O)CC1(C)C. The summed E-state index contributed by atoms with van der Waals surface area (Å²) in [7, 11) is -4.24. The summed E-state index contributed by atoms with van der Waals surface area (Å²) in [5.74, 6) is 0.786. The average Bonchev–Trinajstić information content (AvgIpc) is 3.50. The van der Waals surface area contributed by atoms with E-state index in [4.69, 9.17) is 4.98 Å². The predicted molar refractivity (Wildman–Crippen MR) is 171 cm³/mol. The van der Waals surface area contributed by atoms with Crippen LogP contribution in [0.1, 0.15) is 82.0 Å². The van der Waals surface area contributed by atoms with Crippen molar-refractivity contribution >= 4 is 43.5 Å². The van der Waals surface area contributed by atoms with Crippen LogP contribution in [0.25, 0.3) is 0 Å². The molecular weight excluding hydrogens is 628 g/mol. The van der Waals surface area contributed by atoms with Crippen LogP contribution in [-0.4, -0.2) is 47.4 Å². The molecule has 2 N–H and O–H groups in total. The van der Waals surface area contributed by atoms with Crippen LogP contribution in [0.4, 0.5) is 11.6 Å². The Hall–Kier alpha value is -3.05. The number of rotatable bonds is 3. The second kappa shape index (κ2) is 10.5.